The number of hydrogen-bond acceptors (Lipinski definition) is 2. The van der Waals surface area contributed by atoms with Gasteiger partial charge >= 0.3 is 6.36 Å². The van der Waals surface area contributed by atoms with Gasteiger partial charge in [0.05, 0.1) is 5.69 Å². The average Bonchev–Trinajstić information content (AvgIpc) is 2.96. The molecule has 136 valence electrons. The van der Waals surface area contributed by atoms with Crippen LogP contribution in [0.1, 0.15) is 5.69 Å². The molecule has 0 N–H and O–H groups in total. The van der Waals surface area contributed by atoms with Gasteiger partial charge in [-0.2, -0.15) is 0 Å². The van der Waals surface area contributed by atoms with Crippen LogP contribution in [0.25, 0.3) is 16.9 Å². The molecule has 0 aliphatic rings. The van der Waals surface area contributed by atoms with Gasteiger partial charge in [0.2, 0.25) is 0 Å². The van der Waals surface area contributed by atoms with E-state index in [1.54, 1.807) is 12.1 Å². The van der Waals surface area contributed by atoms with Crippen molar-refractivity contribution in [2.24, 2.45) is 0 Å². The van der Waals surface area contributed by atoms with E-state index in [2.05, 4.69) is 9.30 Å². The van der Waals surface area contributed by atoms with Crippen molar-refractivity contribution < 1.29 is 17.9 Å². The van der Waals surface area contributed by atoms with Crippen molar-refractivity contribution in [3.63, 3.8) is 0 Å². The highest BCUT2D eigenvalue weighted by Crippen LogP contribution is 2.30. The fourth-order valence-corrected chi connectivity index (χ4v) is 2.83. The zero-order valence-electron chi connectivity index (χ0n) is 14.7. The molecule has 0 atom stereocenters. The molecule has 3 rings (SSSR count). The minimum atomic E-state index is -4.69. The fraction of sp³-hybridized carbons (Fsp3) is 0.200. The van der Waals surface area contributed by atoms with Crippen LogP contribution in [-0.4, -0.2) is 25.0 Å². The summed E-state index contributed by atoms with van der Waals surface area (Å²) in [5, 5.41) is 0. The average molecular weight is 360 g/mol. The molecule has 6 heteroatoms. The van der Waals surface area contributed by atoms with E-state index in [9.17, 15) is 13.2 Å². The highest BCUT2D eigenvalue weighted by atomic mass is 19.4. The predicted octanol–water partition coefficient (Wildman–Crippen LogP) is 5.42. The number of alkyl halides is 3. The third-order valence-electron chi connectivity index (χ3n) is 4.08. The maximum Gasteiger partial charge on any atom is 0.573 e. The molecule has 0 bridgehead atoms. The normalized spacial score (nSPS) is 11.5. The second-order valence-corrected chi connectivity index (χ2v) is 6.18. The Hall–Kier alpha value is -2.89. The van der Waals surface area contributed by atoms with Gasteiger partial charge in [0.1, 0.15) is 5.75 Å². The molecule has 0 aliphatic heterocycles. The molecule has 0 saturated heterocycles. The van der Waals surface area contributed by atoms with Crippen LogP contribution in [0, 0.1) is 6.92 Å². The van der Waals surface area contributed by atoms with Crippen LogP contribution in [-0.2, 0) is 0 Å². The predicted molar refractivity (Wildman–Crippen MR) is 97.0 cm³/mol. The number of hydrogen-bond donors (Lipinski definition) is 0. The number of halogens is 3. The Bertz CT molecular complexity index is 879. The number of ether oxygens (including phenoxy) is 1. The monoisotopic (exact) mass is 360 g/mol. The number of aryl methyl sites for hydroxylation is 1. The molecular weight excluding hydrogens is 341 g/mol. The number of benzene rings is 2. The van der Waals surface area contributed by atoms with Gasteiger partial charge in [-0.1, -0.05) is 0 Å². The third-order valence-corrected chi connectivity index (χ3v) is 4.08. The molecule has 0 spiro atoms. The van der Waals surface area contributed by atoms with Crippen molar-refractivity contribution in [1.82, 2.24) is 4.57 Å². The van der Waals surface area contributed by atoms with Crippen molar-refractivity contribution in [2.45, 2.75) is 13.3 Å². The Labute approximate surface area is 150 Å². The van der Waals surface area contributed by atoms with Gasteiger partial charge in [-0.3, -0.25) is 0 Å². The lowest BCUT2D eigenvalue weighted by atomic mass is 10.1. The van der Waals surface area contributed by atoms with Crippen molar-refractivity contribution in [1.29, 1.82) is 0 Å². The summed E-state index contributed by atoms with van der Waals surface area (Å²) in [6.45, 7) is 1.99. The summed E-state index contributed by atoms with van der Waals surface area (Å²) in [7, 11) is 3.96. The highest BCUT2D eigenvalue weighted by Gasteiger charge is 2.31. The number of anilines is 1. The first kappa shape index (κ1) is 17.9. The fourth-order valence-electron chi connectivity index (χ4n) is 2.83. The first-order valence-corrected chi connectivity index (χ1v) is 8.07. The van der Waals surface area contributed by atoms with Gasteiger partial charge in [0, 0.05) is 31.2 Å². The van der Waals surface area contributed by atoms with Gasteiger partial charge in [0.15, 0.2) is 0 Å². The molecule has 0 fully saturated rings. The first-order chi connectivity index (χ1) is 12.2. The Balaban J connectivity index is 1.95. The Morgan fingerprint density at radius 1 is 0.846 bits per heavy atom. The standard InChI is InChI=1S/C20H19F3N2O/c1-14-4-13-19(15-5-11-18(12-6-15)26-20(21,22)23)25(14)17-9-7-16(8-10-17)24(2)3/h4-13H,1-3H3. The van der Waals surface area contributed by atoms with Crippen molar-refractivity contribution >= 4 is 5.69 Å². The van der Waals surface area contributed by atoms with Gasteiger partial charge in [-0.25, -0.2) is 0 Å². The molecule has 0 amide bonds. The van der Waals surface area contributed by atoms with Gasteiger partial charge in [-0.05, 0) is 73.2 Å². The SMILES string of the molecule is Cc1ccc(-c2ccc(OC(F)(F)F)cc2)n1-c1ccc(N(C)C)cc1. The minimum Gasteiger partial charge on any atom is -0.406 e. The Morgan fingerprint density at radius 2 is 1.46 bits per heavy atom. The summed E-state index contributed by atoms with van der Waals surface area (Å²) in [5.74, 6) is -0.230. The van der Waals surface area contributed by atoms with Crippen LogP contribution in [0.2, 0.25) is 0 Å². The maximum absolute atomic E-state index is 12.3. The molecule has 1 heterocycles. The van der Waals surface area contributed by atoms with E-state index in [1.165, 1.54) is 12.1 Å². The lowest BCUT2D eigenvalue weighted by Crippen LogP contribution is -2.16. The van der Waals surface area contributed by atoms with E-state index in [0.717, 1.165) is 28.3 Å². The molecule has 3 aromatic rings. The summed E-state index contributed by atoms with van der Waals surface area (Å²) in [5.41, 5.74) is 4.83. The summed E-state index contributed by atoms with van der Waals surface area (Å²) in [4.78, 5) is 2.02. The van der Waals surface area contributed by atoms with E-state index in [-0.39, 0.29) is 5.75 Å². The van der Waals surface area contributed by atoms with Crippen LogP contribution in [0.15, 0.2) is 60.7 Å². The maximum atomic E-state index is 12.3. The summed E-state index contributed by atoms with van der Waals surface area (Å²) in [6.07, 6.45) is -4.69. The topological polar surface area (TPSA) is 17.4 Å². The van der Waals surface area contributed by atoms with E-state index >= 15 is 0 Å². The molecule has 0 radical (unpaired) electrons. The van der Waals surface area contributed by atoms with Crippen LogP contribution >= 0.6 is 0 Å². The van der Waals surface area contributed by atoms with E-state index in [1.807, 2.05) is 62.3 Å². The van der Waals surface area contributed by atoms with Gasteiger partial charge in [-0.15, -0.1) is 13.2 Å². The Morgan fingerprint density at radius 3 is 2.00 bits per heavy atom. The zero-order valence-corrected chi connectivity index (χ0v) is 14.7. The lowest BCUT2D eigenvalue weighted by Gasteiger charge is -2.16. The van der Waals surface area contributed by atoms with Crippen LogP contribution in [0.3, 0.4) is 0 Å². The second kappa shape index (κ2) is 6.78. The Kier molecular flexibility index (Phi) is 4.68. The van der Waals surface area contributed by atoms with Crippen LogP contribution < -0.4 is 9.64 Å². The number of aromatic nitrogens is 1. The van der Waals surface area contributed by atoms with Crippen LogP contribution in [0.5, 0.6) is 5.75 Å². The highest BCUT2D eigenvalue weighted by molar-refractivity contribution is 5.65. The molecule has 0 aliphatic carbocycles. The van der Waals surface area contributed by atoms with E-state index in [0.29, 0.717) is 0 Å². The summed E-state index contributed by atoms with van der Waals surface area (Å²) < 4.78 is 42.9. The molecule has 0 saturated carbocycles. The third kappa shape index (κ3) is 3.85. The van der Waals surface area contributed by atoms with E-state index < -0.39 is 6.36 Å². The molecule has 1 aromatic heterocycles. The second-order valence-electron chi connectivity index (χ2n) is 6.18. The minimum absolute atomic E-state index is 0.230. The van der Waals surface area contributed by atoms with Crippen molar-refractivity contribution in [3.8, 4) is 22.7 Å². The molecular formula is C20H19F3N2O. The molecule has 3 nitrogen and oxygen atoms in total. The zero-order chi connectivity index (χ0) is 18.9. The van der Waals surface area contributed by atoms with Crippen molar-refractivity contribution in [2.75, 3.05) is 19.0 Å². The largest absolute Gasteiger partial charge is 0.573 e. The lowest BCUT2D eigenvalue weighted by molar-refractivity contribution is -0.274. The first-order valence-electron chi connectivity index (χ1n) is 8.07. The summed E-state index contributed by atoms with van der Waals surface area (Å²) >= 11 is 0. The van der Waals surface area contributed by atoms with Gasteiger partial charge in [0.25, 0.3) is 0 Å². The van der Waals surface area contributed by atoms with Crippen molar-refractivity contribution in [3.05, 3.63) is 66.4 Å². The van der Waals surface area contributed by atoms with Gasteiger partial charge < -0.3 is 14.2 Å². The smallest absolute Gasteiger partial charge is 0.406 e. The quantitative estimate of drug-likeness (QED) is 0.618. The van der Waals surface area contributed by atoms with E-state index in [4.69, 9.17) is 0 Å². The van der Waals surface area contributed by atoms with Crippen LogP contribution in [0.4, 0.5) is 18.9 Å². The molecule has 26 heavy (non-hydrogen) atoms. The number of rotatable bonds is 4. The number of nitrogens with zero attached hydrogens (tertiary/aromatic N) is 2. The summed E-state index contributed by atoms with van der Waals surface area (Å²) in [6, 6.07) is 17.9. The molecule has 2 aromatic carbocycles. The molecule has 0 unspecified atom stereocenters.